The molecule has 4 nitrogen and oxygen atoms in total. The van der Waals surface area contributed by atoms with Gasteiger partial charge in [0.25, 0.3) is 0 Å². The summed E-state index contributed by atoms with van der Waals surface area (Å²) in [5.41, 5.74) is 1.03. The fourth-order valence-corrected chi connectivity index (χ4v) is 2.85. The molecule has 0 aliphatic rings. The average Bonchev–Trinajstić information content (AvgIpc) is 3.06. The Bertz CT molecular complexity index is 574. The van der Waals surface area contributed by atoms with E-state index >= 15 is 0 Å². The third-order valence-corrected chi connectivity index (χ3v) is 4.26. The number of hydrogen-bond donors (Lipinski definition) is 1. The molecule has 0 fully saturated rings. The van der Waals surface area contributed by atoms with Crippen molar-refractivity contribution in [2.75, 3.05) is 20.8 Å². The van der Waals surface area contributed by atoms with Gasteiger partial charge in [0.1, 0.15) is 11.5 Å². The number of aryl methyl sites for hydroxylation is 1. The minimum absolute atomic E-state index is 0.0679. The summed E-state index contributed by atoms with van der Waals surface area (Å²) >= 11 is 1.71. The molecule has 1 N–H and O–H groups in total. The summed E-state index contributed by atoms with van der Waals surface area (Å²) in [5, 5.41) is 5.00. The van der Waals surface area contributed by atoms with E-state index in [9.17, 15) is 4.79 Å². The highest BCUT2D eigenvalue weighted by atomic mass is 32.1. The zero-order valence-electron chi connectivity index (χ0n) is 12.9. The summed E-state index contributed by atoms with van der Waals surface area (Å²) in [4.78, 5) is 13.2. The van der Waals surface area contributed by atoms with Crippen molar-refractivity contribution in [2.45, 2.75) is 19.3 Å². The number of carbonyl (C=O) groups is 1. The topological polar surface area (TPSA) is 47.6 Å². The van der Waals surface area contributed by atoms with E-state index in [1.165, 1.54) is 4.88 Å². The van der Waals surface area contributed by atoms with Crippen LogP contribution in [0.4, 0.5) is 0 Å². The van der Waals surface area contributed by atoms with Crippen LogP contribution in [0.25, 0.3) is 0 Å². The van der Waals surface area contributed by atoms with E-state index in [2.05, 4.69) is 11.4 Å². The monoisotopic (exact) mass is 319 g/mol. The van der Waals surface area contributed by atoms with Crippen LogP contribution in [0.15, 0.2) is 35.7 Å². The number of thiophene rings is 1. The quantitative estimate of drug-likeness (QED) is 0.813. The van der Waals surface area contributed by atoms with Gasteiger partial charge in [0.15, 0.2) is 0 Å². The molecule has 1 aromatic carbocycles. The van der Waals surface area contributed by atoms with Gasteiger partial charge in [-0.25, -0.2) is 0 Å². The molecule has 0 aliphatic heterocycles. The highest BCUT2D eigenvalue weighted by molar-refractivity contribution is 7.09. The zero-order chi connectivity index (χ0) is 15.8. The van der Waals surface area contributed by atoms with Crippen LogP contribution in [0.3, 0.4) is 0 Å². The molecule has 0 atom stereocenters. The minimum atomic E-state index is 0.0679. The predicted molar refractivity (Wildman–Crippen MR) is 88.9 cm³/mol. The molecule has 0 bridgehead atoms. The lowest BCUT2D eigenvalue weighted by molar-refractivity contribution is -0.121. The van der Waals surface area contributed by atoms with Crippen LogP contribution in [0.2, 0.25) is 0 Å². The molecule has 2 rings (SSSR count). The summed E-state index contributed by atoms with van der Waals surface area (Å²) in [6.07, 6.45) is 2.01. The normalized spacial score (nSPS) is 10.3. The smallest absolute Gasteiger partial charge is 0.220 e. The van der Waals surface area contributed by atoms with E-state index in [0.717, 1.165) is 23.5 Å². The molecule has 0 spiro atoms. The highest BCUT2D eigenvalue weighted by Crippen LogP contribution is 2.23. The number of nitrogens with one attached hydrogen (secondary N) is 1. The Hall–Kier alpha value is -2.01. The second-order valence-electron chi connectivity index (χ2n) is 4.90. The third kappa shape index (κ3) is 5.07. The van der Waals surface area contributed by atoms with Gasteiger partial charge in [-0.05, 0) is 42.0 Å². The molecule has 0 aliphatic carbocycles. The number of ether oxygens (including phenoxy) is 2. The summed E-state index contributed by atoms with van der Waals surface area (Å²) in [7, 11) is 3.24. The first-order valence-corrected chi connectivity index (χ1v) is 8.10. The van der Waals surface area contributed by atoms with Gasteiger partial charge in [-0.2, -0.15) is 0 Å². The Morgan fingerprint density at radius 2 is 1.86 bits per heavy atom. The molecule has 0 saturated heterocycles. The van der Waals surface area contributed by atoms with Crippen LogP contribution in [-0.4, -0.2) is 26.7 Å². The molecule has 2 aromatic rings. The maximum absolute atomic E-state index is 11.9. The fourth-order valence-electron chi connectivity index (χ4n) is 2.14. The number of amides is 1. The lowest BCUT2D eigenvalue weighted by Crippen LogP contribution is -2.25. The second-order valence-corrected chi connectivity index (χ2v) is 5.93. The maximum Gasteiger partial charge on any atom is 0.220 e. The van der Waals surface area contributed by atoms with Crippen molar-refractivity contribution in [3.05, 3.63) is 46.2 Å². The van der Waals surface area contributed by atoms with Crippen molar-refractivity contribution < 1.29 is 14.3 Å². The first-order chi connectivity index (χ1) is 10.7. The van der Waals surface area contributed by atoms with Crippen LogP contribution < -0.4 is 14.8 Å². The van der Waals surface area contributed by atoms with E-state index in [1.54, 1.807) is 25.6 Å². The van der Waals surface area contributed by atoms with E-state index in [-0.39, 0.29) is 5.91 Å². The van der Waals surface area contributed by atoms with E-state index in [1.807, 2.05) is 29.6 Å². The van der Waals surface area contributed by atoms with Crippen molar-refractivity contribution in [3.63, 3.8) is 0 Å². The van der Waals surface area contributed by atoms with Gasteiger partial charge in [0.05, 0.1) is 14.2 Å². The Labute approximate surface area is 135 Å². The van der Waals surface area contributed by atoms with Crippen LogP contribution in [0.1, 0.15) is 16.9 Å². The lowest BCUT2D eigenvalue weighted by Gasteiger charge is -2.09. The molecule has 5 heteroatoms. The van der Waals surface area contributed by atoms with Crippen molar-refractivity contribution in [3.8, 4) is 11.5 Å². The van der Waals surface area contributed by atoms with Crippen molar-refractivity contribution >= 4 is 17.2 Å². The number of hydrogen-bond acceptors (Lipinski definition) is 4. The van der Waals surface area contributed by atoms with Gasteiger partial charge in [-0.1, -0.05) is 6.07 Å². The number of methoxy groups -OCH3 is 2. The van der Waals surface area contributed by atoms with Crippen molar-refractivity contribution in [2.24, 2.45) is 0 Å². The van der Waals surface area contributed by atoms with E-state index in [0.29, 0.717) is 19.4 Å². The first-order valence-electron chi connectivity index (χ1n) is 7.22. The van der Waals surface area contributed by atoms with Gasteiger partial charge in [0.2, 0.25) is 5.91 Å². The van der Waals surface area contributed by atoms with Gasteiger partial charge in [0, 0.05) is 23.9 Å². The molecule has 0 saturated carbocycles. The standard InChI is InChI=1S/C17H21NO3S/c1-20-14-10-13(11-15(12-14)21-2)5-6-17(19)18-8-7-16-4-3-9-22-16/h3-4,9-12H,5-8H2,1-2H3,(H,18,19). The Kier molecular flexibility index (Phi) is 6.27. The molecule has 1 heterocycles. The number of carbonyl (C=O) groups excluding carboxylic acids is 1. The van der Waals surface area contributed by atoms with Crippen LogP contribution in [0.5, 0.6) is 11.5 Å². The summed E-state index contributed by atoms with van der Waals surface area (Å²) < 4.78 is 10.5. The maximum atomic E-state index is 11.9. The Balaban J connectivity index is 1.78. The van der Waals surface area contributed by atoms with E-state index in [4.69, 9.17) is 9.47 Å². The molecule has 22 heavy (non-hydrogen) atoms. The van der Waals surface area contributed by atoms with Gasteiger partial charge >= 0.3 is 0 Å². The summed E-state index contributed by atoms with van der Waals surface area (Å²) in [6.45, 7) is 0.681. The highest BCUT2D eigenvalue weighted by Gasteiger charge is 2.06. The Morgan fingerprint density at radius 1 is 1.14 bits per heavy atom. The van der Waals surface area contributed by atoms with Crippen LogP contribution in [-0.2, 0) is 17.6 Å². The largest absolute Gasteiger partial charge is 0.497 e. The minimum Gasteiger partial charge on any atom is -0.497 e. The van der Waals surface area contributed by atoms with E-state index < -0.39 is 0 Å². The van der Waals surface area contributed by atoms with Crippen molar-refractivity contribution in [1.29, 1.82) is 0 Å². The molecule has 0 radical (unpaired) electrons. The lowest BCUT2D eigenvalue weighted by atomic mass is 10.1. The predicted octanol–water partition coefficient (Wildman–Crippen LogP) is 3.06. The van der Waals surface area contributed by atoms with Crippen LogP contribution >= 0.6 is 11.3 Å². The third-order valence-electron chi connectivity index (χ3n) is 3.33. The SMILES string of the molecule is COc1cc(CCC(=O)NCCc2cccs2)cc(OC)c1. The molecule has 1 aromatic heterocycles. The first kappa shape index (κ1) is 16.4. The van der Waals surface area contributed by atoms with Gasteiger partial charge < -0.3 is 14.8 Å². The number of rotatable bonds is 8. The zero-order valence-corrected chi connectivity index (χ0v) is 13.7. The fraction of sp³-hybridized carbons (Fsp3) is 0.353. The van der Waals surface area contributed by atoms with Crippen molar-refractivity contribution in [1.82, 2.24) is 5.32 Å². The van der Waals surface area contributed by atoms with Crippen LogP contribution in [0, 0.1) is 0 Å². The molecule has 1 amide bonds. The summed E-state index contributed by atoms with van der Waals surface area (Å²) in [5.74, 6) is 1.55. The molecular weight excluding hydrogens is 298 g/mol. The number of benzene rings is 1. The average molecular weight is 319 g/mol. The second kappa shape index (κ2) is 8.44. The van der Waals surface area contributed by atoms with Gasteiger partial charge in [-0.15, -0.1) is 11.3 Å². The molecule has 0 unspecified atom stereocenters. The molecular formula is C17H21NO3S. The Morgan fingerprint density at radius 3 is 2.45 bits per heavy atom. The molecule has 118 valence electrons. The summed E-state index contributed by atoms with van der Waals surface area (Å²) in [6, 6.07) is 9.80. The van der Waals surface area contributed by atoms with Gasteiger partial charge in [-0.3, -0.25) is 4.79 Å².